The predicted molar refractivity (Wildman–Crippen MR) is 86.8 cm³/mol. The Morgan fingerprint density at radius 2 is 1.92 bits per heavy atom. The third kappa shape index (κ3) is 3.45. The Labute approximate surface area is 138 Å². The van der Waals surface area contributed by atoms with Gasteiger partial charge in [0.05, 0.1) is 13.7 Å². The van der Waals surface area contributed by atoms with Crippen LogP contribution in [0.3, 0.4) is 0 Å². The molecule has 0 aliphatic rings. The number of fused-ring (bicyclic) bond motifs is 1. The lowest BCUT2D eigenvalue weighted by Gasteiger charge is -2.11. The largest absolute Gasteiger partial charge is 0.506 e. The average Bonchev–Trinajstić information content (AvgIpc) is 2.56. The second-order valence-corrected chi connectivity index (χ2v) is 5.30. The van der Waals surface area contributed by atoms with E-state index in [0.29, 0.717) is 0 Å². The number of esters is 1. The normalized spacial score (nSPS) is 10.8. The summed E-state index contributed by atoms with van der Waals surface area (Å²) in [6, 6.07) is 2.55. The zero-order chi connectivity index (χ0) is 17.7. The van der Waals surface area contributed by atoms with Gasteiger partial charge in [0.2, 0.25) is 5.75 Å². The Bertz CT molecular complexity index is 792. The molecule has 0 aliphatic carbocycles. The maximum atomic E-state index is 11.9. The highest BCUT2D eigenvalue weighted by molar-refractivity contribution is 6.02. The van der Waals surface area contributed by atoms with Crippen LogP contribution in [0, 0.1) is 0 Å². The lowest BCUT2D eigenvalue weighted by Crippen LogP contribution is -2.09. The molecule has 0 fully saturated rings. The topological polar surface area (TPSA) is 106 Å². The summed E-state index contributed by atoms with van der Waals surface area (Å²) in [7, 11) is 1.17. The highest BCUT2D eigenvalue weighted by Gasteiger charge is 2.22. The van der Waals surface area contributed by atoms with Gasteiger partial charge in [0.15, 0.2) is 5.75 Å². The minimum Gasteiger partial charge on any atom is -0.506 e. The molecule has 7 heteroatoms. The third-order valence-corrected chi connectivity index (χ3v) is 3.63. The number of phenols is 1. The molecule has 0 radical (unpaired) electrons. The minimum atomic E-state index is -0.847. The van der Waals surface area contributed by atoms with Crippen molar-refractivity contribution in [3.8, 4) is 17.2 Å². The summed E-state index contributed by atoms with van der Waals surface area (Å²) in [4.78, 5) is 23.6. The quantitative estimate of drug-likeness (QED) is 0.455. The van der Waals surface area contributed by atoms with Crippen LogP contribution < -0.4 is 10.4 Å². The van der Waals surface area contributed by atoms with Crippen molar-refractivity contribution in [3.05, 3.63) is 28.1 Å². The molecule has 0 saturated carbocycles. The van der Waals surface area contributed by atoms with Crippen LogP contribution in [-0.2, 0) is 4.74 Å². The van der Waals surface area contributed by atoms with Crippen LogP contribution in [0.5, 0.6) is 17.2 Å². The maximum absolute atomic E-state index is 11.9. The Kier molecular flexibility index (Phi) is 5.68. The van der Waals surface area contributed by atoms with E-state index in [0.717, 1.165) is 25.7 Å². The molecule has 0 aliphatic heterocycles. The zero-order valence-electron chi connectivity index (χ0n) is 13.6. The molecule has 2 N–H and O–H groups in total. The number of hydrogen-bond acceptors (Lipinski definition) is 7. The number of ether oxygens (including phenoxy) is 2. The van der Waals surface area contributed by atoms with Gasteiger partial charge in [-0.25, -0.2) is 9.59 Å². The van der Waals surface area contributed by atoms with Crippen molar-refractivity contribution in [2.75, 3.05) is 13.7 Å². The molecule has 1 aromatic heterocycles. The number of benzene rings is 1. The first kappa shape index (κ1) is 17.7. The number of unbranched alkanes of at least 4 members (excludes halogenated alkanes) is 3. The van der Waals surface area contributed by atoms with E-state index in [2.05, 4.69) is 11.7 Å². The van der Waals surface area contributed by atoms with E-state index in [1.54, 1.807) is 0 Å². The fraction of sp³-hybridized carbons (Fsp3) is 0.412. The highest BCUT2D eigenvalue weighted by Crippen LogP contribution is 2.39. The van der Waals surface area contributed by atoms with Crippen molar-refractivity contribution in [1.82, 2.24) is 0 Å². The van der Waals surface area contributed by atoms with Gasteiger partial charge in [0.1, 0.15) is 22.3 Å². The Morgan fingerprint density at radius 1 is 1.17 bits per heavy atom. The minimum absolute atomic E-state index is 0.0546. The van der Waals surface area contributed by atoms with Gasteiger partial charge in [-0.1, -0.05) is 26.2 Å². The van der Waals surface area contributed by atoms with E-state index in [4.69, 9.17) is 9.15 Å². The molecule has 130 valence electrons. The maximum Gasteiger partial charge on any atom is 0.383 e. The first-order valence-corrected chi connectivity index (χ1v) is 7.74. The van der Waals surface area contributed by atoms with Crippen molar-refractivity contribution >= 4 is 16.9 Å². The number of aromatic hydroxyl groups is 2. The predicted octanol–water partition coefficient (Wildman–Crippen LogP) is 2.95. The van der Waals surface area contributed by atoms with Gasteiger partial charge in [-0.15, -0.1) is 0 Å². The number of hydrogen-bond donors (Lipinski definition) is 2. The molecule has 2 rings (SSSR count). The molecule has 0 amide bonds. The summed E-state index contributed by atoms with van der Waals surface area (Å²) in [6.45, 7) is 2.31. The number of carbonyl (C=O) groups excluding carboxylic acids is 1. The van der Waals surface area contributed by atoms with Crippen molar-refractivity contribution < 1.29 is 28.9 Å². The van der Waals surface area contributed by atoms with Crippen LogP contribution in [-0.4, -0.2) is 29.9 Å². The van der Waals surface area contributed by atoms with Gasteiger partial charge in [-0.05, 0) is 18.6 Å². The zero-order valence-corrected chi connectivity index (χ0v) is 13.6. The van der Waals surface area contributed by atoms with Gasteiger partial charge in [-0.2, -0.15) is 0 Å². The van der Waals surface area contributed by atoms with Crippen LogP contribution in [0.15, 0.2) is 21.3 Å². The van der Waals surface area contributed by atoms with E-state index in [-0.39, 0.29) is 28.9 Å². The molecule has 24 heavy (non-hydrogen) atoms. The Hall–Kier alpha value is -2.70. The first-order valence-electron chi connectivity index (χ1n) is 7.74. The molecule has 7 nitrogen and oxygen atoms in total. The smallest absolute Gasteiger partial charge is 0.383 e. The van der Waals surface area contributed by atoms with E-state index in [1.807, 2.05) is 0 Å². The summed E-state index contributed by atoms with van der Waals surface area (Å²) >= 11 is 0. The third-order valence-electron chi connectivity index (χ3n) is 3.63. The van der Waals surface area contributed by atoms with Crippen LogP contribution in [0.2, 0.25) is 0 Å². The number of rotatable bonds is 7. The van der Waals surface area contributed by atoms with Gasteiger partial charge in [0.25, 0.3) is 0 Å². The lowest BCUT2D eigenvalue weighted by atomic mass is 10.1. The summed E-state index contributed by atoms with van der Waals surface area (Å²) in [6.07, 6.45) is 3.77. The number of phenolic OH excluding ortho intramolecular Hbond substituents is 1. The summed E-state index contributed by atoms with van der Waals surface area (Å²) < 4.78 is 14.9. The van der Waals surface area contributed by atoms with Gasteiger partial charge >= 0.3 is 11.6 Å². The van der Waals surface area contributed by atoms with Crippen LogP contribution in [0.1, 0.15) is 43.0 Å². The fourth-order valence-corrected chi connectivity index (χ4v) is 2.35. The van der Waals surface area contributed by atoms with E-state index in [1.165, 1.54) is 19.2 Å². The molecule has 0 bridgehead atoms. The number of carbonyl (C=O) groups is 1. The highest BCUT2D eigenvalue weighted by atomic mass is 16.5. The molecule has 1 heterocycles. The Balaban J connectivity index is 2.41. The van der Waals surface area contributed by atoms with Crippen LogP contribution in [0.4, 0.5) is 0 Å². The fourth-order valence-electron chi connectivity index (χ4n) is 2.35. The van der Waals surface area contributed by atoms with Crippen LogP contribution in [0.25, 0.3) is 11.0 Å². The molecule has 0 spiro atoms. The SMILES string of the molecule is CCCCCCOc1c(O)c2c(O)c(C(=O)OC)ccc2oc1=O. The van der Waals surface area contributed by atoms with Crippen molar-refractivity contribution in [3.63, 3.8) is 0 Å². The Morgan fingerprint density at radius 3 is 2.58 bits per heavy atom. The second-order valence-electron chi connectivity index (χ2n) is 5.30. The van der Waals surface area contributed by atoms with E-state index in [9.17, 15) is 19.8 Å². The molecular weight excluding hydrogens is 316 g/mol. The lowest BCUT2D eigenvalue weighted by molar-refractivity contribution is 0.0598. The average molecular weight is 336 g/mol. The molecular formula is C17H20O7. The summed E-state index contributed by atoms with van der Waals surface area (Å²) in [5.74, 6) is -2.24. The van der Waals surface area contributed by atoms with Crippen molar-refractivity contribution in [2.24, 2.45) is 0 Å². The second kappa shape index (κ2) is 7.72. The first-order chi connectivity index (χ1) is 11.5. The van der Waals surface area contributed by atoms with Crippen molar-refractivity contribution in [1.29, 1.82) is 0 Å². The van der Waals surface area contributed by atoms with Gasteiger partial charge in [-0.3, -0.25) is 0 Å². The molecule has 0 unspecified atom stereocenters. The summed E-state index contributed by atoms with van der Waals surface area (Å²) in [5, 5.41) is 20.3. The van der Waals surface area contributed by atoms with Gasteiger partial charge < -0.3 is 24.1 Å². The van der Waals surface area contributed by atoms with E-state index < -0.39 is 23.1 Å². The van der Waals surface area contributed by atoms with Crippen LogP contribution >= 0.6 is 0 Å². The molecule has 0 saturated heterocycles. The standard InChI is InChI=1S/C17H20O7/c1-3-4-5-6-9-23-15-14(19)12-11(24-17(15)21)8-7-10(13(12)18)16(20)22-2/h7-8,18-19H,3-6,9H2,1-2H3. The monoisotopic (exact) mass is 336 g/mol. The molecule has 1 aromatic carbocycles. The van der Waals surface area contributed by atoms with Crippen molar-refractivity contribution in [2.45, 2.75) is 32.6 Å². The molecule has 0 atom stereocenters. The summed E-state index contributed by atoms with van der Waals surface area (Å²) in [5.41, 5.74) is -1.05. The number of methoxy groups -OCH3 is 1. The van der Waals surface area contributed by atoms with Gasteiger partial charge in [0, 0.05) is 0 Å². The molecule has 2 aromatic rings. The van der Waals surface area contributed by atoms with E-state index >= 15 is 0 Å².